The van der Waals surface area contributed by atoms with Gasteiger partial charge < -0.3 is 5.73 Å². The van der Waals surface area contributed by atoms with Gasteiger partial charge in [-0.05, 0) is 31.2 Å². The van der Waals surface area contributed by atoms with Crippen LogP contribution in [-0.4, -0.2) is 9.78 Å². The first kappa shape index (κ1) is 11.3. The zero-order valence-electron chi connectivity index (χ0n) is 9.35. The Balaban J connectivity index is 2.53. The van der Waals surface area contributed by atoms with Gasteiger partial charge in [-0.2, -0.15) is 5.10 Å². The van der Waals surface area contributed by atoms with E-state index < -0.39 is 5.82 Å². The lowest BCUT2D eigenvalue weighted by molar-refractivity contribution is 0.618. The van der Waals surface area contributed by atoms with Crippen LogP contribution in [0.3, 0.4) is 0 Å². The Kier molecular flexibility index (Phi) is 2.91. The number of anilines is 1. The van der Waals surface area contributed by atoms with E-state index in [1.54, 1.807) is 12.1 Å². The molecule has 0 bridgehead atoms. The molecule has 0 saturated heterocycles. The smallest absolute Gasteiger partial charge is 0.266 e. The van der Waals surface area contributed by atoms with E-state index in [-0.39, 0.29) is 11.2 Å². The van der Waals surface area contributed by atoms with Crippen molar-refractivity contribution in [2.24, 2.45) is 0 Å². The minimum atomic E-state index is -0.461. The third-order valence-corrected chi connectivity index (χ3v) is 2.46. The Bertz CT molecular complexity index is 607. The van der Waals surface area contributed by atoms with E-state index in [1.165, 1.54) is 22.9 Å². The van der Waals surface area contributed by atoms with Gasteiger partial charge in [-0.1, -0.05) is 0 Å². The molecule has 0 amide bonds. The summed E-state index contributed by atoms with van der Waals surface area (Å²) in [5.41, 5.74) is 6.68. The van der Waals surface area contributed by atoms with Crippen LogP contribution in [0.1, 0.15) is 6.92 Å². The molecule has 2 rings (SSSR count). The Hall–Kier alpha value is -2.17. The third-order valence-electron chi connectivity index (χ3n) is 2.46. The summed E-state index contributed by atoms with van der Waals surface area (Å²) in [4.78, 5) is 11.4. The van der Waals surface area contributed by atoms with E-state index in [9.17, 15) is 9.18 Å². The molecule has 0 aliphatic rings. The van der Waals surface area contributed by atoms with Gasteiger partial charge >= 0.3 is 0 Å². The van der Waals surface area contributed by atoms with Crippen molar-refractivity contribution in [1.82, 2.24) is 9.78 Å². The highest BCUT2D eigenvalue weighted by atomic mass is 19.1. The first-order chi connectivity index (χ1) is 8.11. The molecular weight excluding hydrogens is 221 g/mol. The summed E-state index contributed by atoms with van der Waals surface area (Å²) >= 11 is 0. The van der Waals surface area contributed by atoms with E-state index in [4.69, 9.17) is 5.73 Å². The maximum Gasteiger partial charge on any atom is 0.266 e. The molecule has 0 atom stereocenters. The minimum absolute atomic E-state index is 0.0681. The lowest BCUT2D eigenvalue weighted by atomic mass is 10.1. The molecular formula is C12H12FN3O. The van der Waals surface area contributed by atoms with Gasteiger partial charge in [-0.3, -0.25) is 4.79 Å². The molecule has 1 aromatic heterocycles. The molecule has 0 aliphatic heterocycles. The van der Waals surface area contributed by atoms with Crippen LogP contribution in [0.2, 0.25) is 0 Å². The third kappa shape index (κ3) is 2.18. The van der Waals surface area contributed by atoms with Crippen LogP contribution < -0.4 is 11.3 Å². The second-order valence-electron chi connectivity index (χ2n) is 3.61. The van der Waals surface area contributed by atoms with E-state index in [2.05, 4.69) is 5.10 Å². The lowest BCUT2D eigenvalue weighted by Crippen LogP contribution is -2.21. The van der Waals surface area contributed by atoms with Crippen molar-refractivity contribution < 1.29 is 4.39 Å². The molecule has 17 heavy (non-hydrogen) atoms. The fraction of sp³-hybridized carbons (Fsp3) is 0.167. The Morgan fingerprint density at radius 2 is 2.12 bits per heavy atom. The number of halogens is 1. The molecule has 0 radical (unpaired) electrons. The molecule has 1 aromatic carbocycles. The van der Waals surface area contributed by atoms with Crippen LogP contribution in [0.4, 0.5) is 10.1 Å². The van der Waals surface area contributed by atoms with Crippen LogP contribution in [0.15, 0.2) is 35.1 Å². The van der Waals surface area contributed by atoms with Gasteiger partial charge in [0.1, 0.15) is 5.82 Å². The van der Waals surface area contributed by atoms with Gasteiger partial charge in [-0.15, -0.1) is 0 Å². The van der Waals surface area contributed by atoms with E-state index in [1.807, 2.05) is 6.92 Å². The highest BCUT2D eigenvalue weighted by Crippen LogP contribution is 2.20. The van der Waals surface area contributed by atoms with Crippen molar-refractivity contribution >= 4 is 5.69 Å². The van der Waals surface area contributed by atoms with Crippen LogP contribution in [-0.2, 0) is 6.54 Å². The molecule has 2 N–H and O–H groups in total. The fourth-order valence-electron chi connectivity index (χ4n) is 1.53. The molecule has 5 heteroatoms. The molecule has 0 fully saturated rings. The summed E-state index contributed by atoms with van der Waals surface area (Å²) in [7, 11) is 0. The second-order valence-corrected chi connectivity index (χ2v) is 3.61. The van der Waals surface area contributed by atoms with Crippen LogP contribution in [0, 0.1) is 5.82 Å². The number of nitrogen functional groups attached to an aromatic ring is 1. The first-order valence-corrected chi connectivity index (χ1v) is 5.25. The van der Waals surface area contributed by atoms with Crippen LogP contribution in [0.5, 0.6) is 0 Å². The average Bonchev–Trinajstić information content (AvgIpc) is 2.33. The summed E-state index contributed by atoms with van der Waals surface area (Å²) < 4.78 is 14.4. The summed E-state index contributed by atoms with van der Waals surface area (Å²) in [5.74, 6) is -0.461. The van der Waals surface area contributed by atoms with E-state index in [0.717, 1.165) is 0 Å². The van der Waals surface area contributed by atoms with E-state index in [0.29, 0.717) is 17.8 Å². The number of aromatic nitrogens is 2. The van der Waals surface area contributed by atoms with Crippen molar-refractivity contribution in [2.75, 3.05) is 5.73 Å². The summed E-state index contributed by atoms with van der Waals surface area (Å²) in [6.45, 7) is 2.32. The maximum atomic E-state index is 13.0. The first-order valence-electron chi connectivity index (χ1n) is 5.25. The number of rotatable bonds is 2. The van der Waals surface area contributed by atoms with Gasteiger partial charge in [0.25, 0.3) is 5.56 Å². The molecule has 1 heterocycles. The molecule has 4 nitrogen and oxygen atoms in total. The van der Waals surface area contributed by atoms with Gasteiger partial charge in [0.2, 0.25) is 0 Å². The summed E-state index contributed by atoms with van der Waals surface area (Å²) in [6, 6.07) is 7.40. The van der Waals surface area contributed by atoms with Crippen molar-refractivity contribution in [1.29, 1.82) is 0 Å². The van der Waals surface area contributed by atoms with Crippen LogP contribution in [0.25, 0.3) is 11.3 Å². The second kappa shape index (κ2) is 4.37. The van der Waals surface area contributed by atoms with Gasteiger partial charge in [-0.25, -0.2) is 9.07 Å². The van der Waals surface area contributed by atoms with Crippen molar-refractivity contribution in [3.63, 3.8) is 0 Å². The molecule has 0 saturated carbocycles. The quantitative estimate of drug-likeness (QED) is 0.802. The predicted molar refractivity (Wildman–Crippen MR) is 64.0 cm³/mol. The lowest BCUT2D eigenvalue weighted by Gasteiger charge is -2.05. The average molecular weight is 233 g/mol. The number of hydrogen-bond acceptors (Lipinski definition) is 3. The number of nitrogens with two attached hydrogens (primary N) is 1. The number of aryl methyl sites for hydroxylation is 1. The number of nitrogens with zero attached hydrogens (tertiary/aromatic N) is 2. The minimum Gasteiger partial charge on any atom is -0.396 e. The normalized spacial score (nSPS) is 10.5. The summed E-state index contributed by atoms with van der Waals surface area (Å²) in [6.07, 6.45) is 0. The molecule has 88 valence electrons. The molecule has 0 aliphatic carbocycles. The SMILES string of the molecule is CCn1nc(-c2ccc(F)c(N)c2)ccc1=O. The largest absolute Gasteiger partial charge is 0.396 e. The predicted octanol–water partition coefficient (Wildman–Crippen LogP) is 1.65. The topological polar surface area (TPSA) is 60.9 Å². The van der Waals surface area contributed by atoms with Crippen molar-refractivity contribution in [3.8, 4) is 11.3 Å². The molecule has 0 unspecified atom stereocenters. The van der Waals surface area contributed by atoms with Crippen molar-refractivity contribution in [2.45, 2.75) is 13.5 Å². The van der Waals surface area contributed by atoms with Gasteiger partial charge in [0.15, 0.2) is 0 Å². The molecule has 0 spiro atoms. The van der Waals surface area contributed by atoms with Gasteiger partial charge in [0, 0.05) is 18.2 Å². The standard InChI is InChI=1S/C12H12FN3O/c1-2-16-12(17)6-5-11(15-16)8-3-4-9(13)10(14)7-8/h3-7H,2,14H2,1H3. The Labute approximate surface area is 97.5 Å². The zero-order valence-corrected chi connectivity index (χ0v) is 9.35. The maximum absolute atomic E-state index is 13.0. The fourth-order valence-corrected chi connectivity index (χ4v) is 1.53. The number of benzene rings is 1. The highest BCUT2D eigenvalue weighted by molar-refractivity contribution is 5.63. The Morgan fingerprint density at radius 3 is 2.76 bits per heavy atom. The van der Waals surface area contributed by atoms with Crippen LogP contribution >= 0.6 is 0 Å². The zero-order chi connectivity index (χ0) is 12.4. The Morgan fingerprint density at radius 1 is 1.35 bits per heavy atom. The van der Waals surface area contributed by atoms with Crippen molar-refractivity contribution in [3.05, 3.63) is 46.5 Å². The monoisotopic (exact) mass is 233 g/mol. The summed E-state index contributed by atoms with van der Waals surface area (Å²) in [5, 5.41) is 4.16. The molecule has 2 aromatic rings. The highest BCUT2D eigenvalue weighted by Gasteiger charge is 2.05. The van der Waals surface area contributed by atoms with Gasteiger partial charge in [0.05, 0.1) is 11.4 Å². The van der Waals surface area contributed by atoms with E-state index >= 15 is 0 Å². The number of hydrogen-bond donors (Lipinski definition) is 1.